The van der Waals surface area contributed by atoms with E-state index in [-0.39, 0.29) is 28.8 Å². The van der Waals surface area contributed by atoms with Gasteiger partial charge in [-0.05, 0) is 36.4 Å². The van der Waals surface area contributed by atoms with Gasteiger partial charge in [-0.3, -0.25) is 0 Å². The van der Waals surface area contributed by atoms with Crippen LogP contribution in [0.1, 0.15) is 0 Å². The number of halogens is 3. The number of aromatic nitrogens is 2. The Morgan fingerprint density at radius 3 is 2.46 bits per heavy atom. The molecule has 0 amide bonds. The van der Waals surface area contributed by atoms with Gasteiger partial charge in [0, 0.05) is 36.6 Å². The van der Waals surface area contributed by atoms with Crippen LogP contribution in [-0.2, 0) is 10.0 Å². The topological polar surface area (TPSA) is 66.4 Å². The average molecular weight is 441 g/mol. The molecule has 2 aromatic carbocycles. The fourth-order valence-corrected chi connectivity index (χ4v) is 5.38. The molecule has 146 valence electrons. The quantitative estimate of drug-likeness (QED) is 0.622. The molecule has 0 radical (unpaired) electrons. The highest BCUT2D eigenvalue weighted by molar-refractivity contribution is 7.89. The summed E-state index contributed by atoms with van der Waals surface area (Å²) in [5.41, 5.74) is 0.632. The highest BCUT2D eigenvalue weighted by Crippen LogP contribution is 2.30. The van der Waals surface area contributed by atoms with E-state index < -0.39 is 10.0 Å². The summed E-state index contributed by atoms with van der Waals surface area (Å²) < 4.78 is 40.9. The third-order valence-corrected chi connectivity index (χ3v) is 7.24. The summed E-state index contributed by atoms with van der Waals surface area (Å²) in [5.74, 6) is 0.211. The zero-order valence-electron chi connectivity index (χ0n) is 14.5. The van der Waals surface area contributed by atoms with Gasteiger partial charge in [0.2, 0.25) is 10.0 Å². The molecule has 0 unspecified atom stereocenters. The lowest BCUT2D eigenvalue weighted by Crippen LogP contribution is -2.49. The Labute approximate surface area is 171 Å². The van der Waals surface area contributed by atoms with Crippen LogP contribution in [0.4, 0.5) is 10.2 Å². The molecule has 0 atom stereocenters. The second kappa shape index (κ2) is 7.44. The molecule has 0 bridgehead atoms. The maximum absolute atomic E-state index is 13.7. The molecular weight excluding hydrogens is 426 g/mol. The molecule has 1 aliphatic rings. The van der Waals surface area contributed by atoms with E-state index in [0.717, 1.165) is 0 Å². The minimum atomic E-state index is -3.77. The number of piperazine rings is 1. The van der Waals surface area contributed by atoms with Gasteiger partial charge in [0.15, 0.2) is 0 Å². The van der Waals surface area contributed by atoms with Crippen LogP contribution in [0, 0.1) is 5.82 Å². The molecule has 4 rings (SSSR count). The van der Waals surface area contributed by atoms with Gasteiger partial charge in [-0.1, -0.05) is 23.2 Å². The first kappa shape index (κ1) is 19.3. The van der Waals surface area contributed by atoms with Gasteiger partial charge in [-0.25, -0.2) is 22.8 Å². The molecule has 1 fully saturated rings. The van der Waals surface area contributed by atoms with Crippen molar-refractivity contribution in [3.63, 3.8) is 0 Å². The van der Waals surface area contributed by atoms with Crippen LogP contribution in [0.25, 0.3) is 10.9 Å². The molecule has 10 heteroatoms. The van der Waals surface area contributed by atoms with E-state index in [9.17, 15) is 12.8 Å². The van der Waals surface area contributed by atoms with Gasteiger partial charge < -0.3 is 4.90 Å². The molecule has 1 saturated heterocycles. The second-order valence-corrected chi connectivity index (χ2v) is 9.07. The van der Waals surface area contributed by atoms with Crippen molar-refractivity contribution in [1.82, 2.24) is 14.3 Å². The maximum Gasteiger partial charge on any atom is 0.244 e. The lowest BCUT2D eigenvalue weighted by molar-refractivity contribution is 0.384. The van der Waals surface area contributed by atoms with Crippen LogP contribution in [0.2, 0.25) is 10.0 Å². The molecule has 0 N–H and O–H groups in total. The van der Waals surface area contributed by atoms with Crippen molar-refractivity contribution >= 4 is 49.9 Å². The van der Waals surface area contributed by atoms with Crippen LogP contribution in [0.15, 0.2) is 47.6 Å². The van der Waals surface area contributed by atoms with Gasteiger partial charge in [0.25, 0.3) is 0 Å². The Morgan fingerprint density at radius 2 is 1.71 bits per heavy atom. The molecule has 0 spiro atoms. The van der Waals surface area contributed by atoms with Crippen LogP contribution in [0.3, 0.4) is 0 Å². The maximum atomic E-state index is 13.7. The Hall–Kier alpha value is -2.00. The fourth-order valence-electron chi connectivity index (χ4n) is 3.22. The number of rotatable bonds is 3. The van der Waals surface area contributed by atoms with E-state index in [0.29, 0.717) is 34.8 Å². The van der Waals surface area contributed by atoms with Gasteiger partial charge in [-0.2, -0.15) is 4.31 Å². The molecule has 0 saturated carbocycles. The van der Waals surface area contributed by atoms with Crippen LogP contribution in [-0.4, -0.2) is 48.9 Å². The highest BCUT2D eigenvalue weighted by Gasteiger charge is 2.31. The van der Waals surface area contributed by atoms with E-state index >= 15 is 0 Å². The predicted molar refractivity (Wildman–Crippen MR) is 107 cm³/mol. The Kier molecular flexibility index (Phi) is 5.13. The van der Waals surface area contributed by atoms with Crippen molar-refractivity contribution in [2.45, 2.75) is 4.90 Å². The number of fused-ring (bicyclic) bond motifs is 1. The highest BCUT2D eigenvalue weighted by atomic mass is 35.5. The SMILES string of the molecule is O=S(=O)(c1cc(Cl)ccc1Cl)N1CCN(c2ncnc3ccc(F)cc23)CC1. The first-order valence-corrected chi connectivity index (χ1v) is 10.7. The molecule has 3 aromatic rings. The van der Waals surface area contributed by atoms with Crippen molar-refractivity contribution in [2.75, 3.05) is 31.1 Å². The van der Waals surface area contributed by atoms with E-state index in [1.54, 1.807) is 12.1 Å². The first-order valence-electron chi connectivity index (χ1n) is 8.47. The number of hydrogen-bond donors (Lipinski definition) is 0. The smallest absolute Gasteiger partial charge is 0.244 e. The molecule has 1 aromatic heterocycles. The minimum absolute atomic E-state index is 0.00956. The second-order valence-electron chi connectivity index (χ2n) is 6.32. The van der Waals surface area contributed by atoms with Crippen LogP contribution in [0.5, 0.6) is 0 Å². The standard InChI is InChI=1S/C18H15Cl2FN4O2S/c19-12-1-3-15(20)17(9-12)28(26,27)25-7-5-24(6-8-25)18-14-10-13(21)2-4-16(14)22-11-23-18/h1-4,9-11H,5-8H2. The van der Waals surface area contributed by atoms with Crippen molar-refractivity contribution < 1.29 is 12.8 Å². The lowest BCUT2D eigenvalue weighted by atomic mass is 10.2. The number of nitrogens with zero attached hydrogens (tertiary/aromatic N) is 4. The summed E-state index contributed by atoms with van der Waals surface area (Å²) in [6, 6.07) is 8.69. The molecule has 6 nitrogen and oxygen atoms in total. The van der Waals surface area contributed by atoms with Crippen LogP contribution < -0.4 is 4.90 Å². The molecule has 2 heterocycles. The van der Waals surface area contributed by atoms with E-state index in [1.165, 1.54) is 34.9 Å². The largest absolute Gasteiger partial charge is 0.353 e. The molecule has 0 aliphatic carbocycles. The number of sulfonamides is 1. The fraction of sp³-hybridized carbons (Fsp3) is 0.222. The zero-order valence-corrected chi connectivity index (χ0v) is 16.8. The minimum Gasteiger partial charge on any atom is -0.353 e. The third kappa shape index (κ3) is 3.53. The van der Waals surface area contributed by atoms with Crippen molar-refractivity contribution in [3.8, 4) is 0 Å². The Morgan fingerprint density at radius 1 is 0.964 bits per heavy atom. The lowest BCUT2D eigenvalue weighted by Gasteiger charge is -2.35. The Bertz CT molecular complexity index is 1150. The predicted octanol–water partition coefficient (Wildman–Crippen LogP) is 3.59. The van der Waals surface area contributed by atoms with Gasteiger partial charge in [0.05, 0.1) is 10.5 Å². The van der Waals surface area contributed by atoms with E-state index in [1.807, 2.05) is 4.90 Å². The number of anilines is 1. The summed E-state index contributed by atoms with van der Waals surface area (Å²) >= 11 is 12.0. The van der Waals surface area contributed by atoms with Crippen molar-refractivity contribution in [3.05, 3.63) is 58.6 Å². The van der Waals surface area contributed by atoms with Crippen molar-refractivity contribution in [1.29, 1.82) is 0 Å². The van der Waals surface area contributed by atoms with Gasteiger partial charge in [0.1, 0.15) is 22.9 Å². The summed E-state index contributed by atoms with van der Waals surface area (Å²) in [7, 11) is -3.77. The Balaban J connectivity index is 1.59. The molecule has 1 aliphatic heterocycles. The summed E-state index contributed by atoms with van der Waals surface area (Å²) in [6.45, 7) is 1.29. The van der Waals surface area contributed by atoms with Gasteiger partial charge in [-0.15, -0.1) is 0 Å². The summed E-state index contributed by atoms with van der Waals surface area (Å²) in [5, 5.41) is 1.02. The monoisotopic (exact) mass is 440 g/mol. The summed E-state index contributed by atoms with van der Waals surface area (Å²) in [4.78, 5) is 10.4. The van der Waals surface area contributed by atoms with E-state index in [2.05, 4.69) is 9.97 Å². The third-order valence-electron chi connectivity index (χ3n) is 4.63. The van der Waals surface area contributed by atoms with Crippen LogP contribution >= 0.6 is 23.2 Å². The van der Waals surface area contributed by atoms with Crippen molar-refractivity contribution in [2.24, 2.45) is 0 Å². The van der Waals surface area contributed by atoms with Gasteiger partial charge >= 0.3 is 0 Å². The number of hydrogen-bond acceptors (Lipinski definition) is 5. The zero-order chi connectivity index (χ0) is 19.9. The first-order chi connectivity index (χ1) is 13.4. The number of benzene rings is 2. The van der Waals surface area contributed by atoms with E-state index in [4.69, 9.17) is 23.2 Å². The molecular formula is C18H15Cl2FN4O2S. The average Bonchev–Trinajstić information content (AvgIpc) is 2.69. The molecule has 28 heavy (non-hydrogen) atoms. The summed E-state index contributed by atoms with van der Waals surface area (Å²) in [6.07, 6.45) is 1.42. The normalized spacial score (nSPS) is 15.9.